The van der Waals surface area contributed by atoms with Gasteiger partial charge in [-0.1, -0.05) is 30.3 Å². The molecule has 2 aliphatic heterocycles. The van der Waals surface area contributed by atoms with Gasteiger partial charge in [-0.3, -0.25) is 4.90 Å². The van der Waals surface area contributed by atoms with E-state index in [1.165, 1.54) is 12.1 Å². The monoisotopic (exact) mass is 659 g/mol. The highest BCUT2D eigenvalue weighted by atomic mass is 19.4. The predicted octanol–water partition coefficient (Wildman–Crippen LogP) is 7.33. The summed E-state index contributed by atoms with van der Waals surface area (Å²) in [5.74, 6) is -4.82. The number of carbonyl (C=O) groups is 1. The largest absolute Gasteiger partial charge is 0.455 e. The molecule has 1 fully saturated rings. The second-order valence-corrected chi connectivity index (χ2v) is 10.5. The van der Waals surface area contributed by atoms with Crippen molar-refractivity contribution in [2.45, 2.75) is 49.9 Å². The molecule has 0 aromatic heterocycles. The quantitative estimate of drug-likeness (QED) is 0.273. The number of rotatable bonds is 7. The first-order chi connectivity index (χ1) is 20.8. The van der Waals surface area contributed by atoms with E-state index in [0.717, 1.165) is 18.2 Å². The third-order valence-corrected chi connectivity index (χ3v) is 7.37. The fraction of sp³-hybridized carbons (Fsp3) is 0.393. The summed E-state index contributed by atoms with van der Waals surface area (Å²) in [6.07, 6.45) is -14.9. The highest BCUT2D eigenvalue weighted by molar-refractivity contribution is 5.91. The minimum absolute atomic E-state index is 0.0820. The van der Waals surface area contributed by atoms with Crippen LogP contribution in [0, 0.1) is 11.7 Å². The highest BCUT2D eigenvalue weighted by Crippen LogP contribution is 2.50. The zero-order valence-electron chi connectivity index (χ0n) is 22.8. The van der Waals surface area contributed by atoms with Crippen LogP contribution in [0.1, 0.15) is 29.5 Å². The number of piperidine rings is 1. The number of urea groups is 1. The molecule has 0 radical (unpaired) electrons. The Balaban J connectivity index is 1.29. The highest BCUT2D eigenvalue weighted by Gasteiger charge is 2.71. The molecule has 2 aliphatic rings. The Kier molecular flexibility index (Phi) is 9.45. The van der Waals surface area contributed by atoms with Crippen LogP contribution in [0.15, 0.2) is 66.1 Å². The lowest BCUT2D eigenvalue weighted by atomic mass is 9.89. The zero-order valence-corrected chi connectivity index (χ0v) is 22.8. The van der Waals surface area contributed by atoms with Crippen LogP contribution in [-0.2, 0) is 23.3 Å². The molecule has 0 bridgehead atoms. The molecule has 45 heavy (non-hydrogen) atoms. The molecule has 246 valence electrons. The summed E-state index contributed by atoms with van der Waals surface area (Å²) >= 11 is 0. The Labute approximate surface area is 248 Å². The second-order valence-electron chi connectivity index (χ2n) is 10.5. The molecule has 6 nitrogen and oxygen atoms in total. The summed E-state index contributed by atoms with van der Waals surface area (Å²) in [5.41, 5.74) is -7.25. The standard InChI is InChI=1S/C28H24F11N3O3/c29-19-12-17(3-6-21(19)40-24(43)41-22-20(30)14-45-26(32,33)23(22)31)11-15-7-9-42(10-8-15)13-16-1-4-18(5-2-16)25(44,27(34,35)36)28(37,38)39/h1-6,12,14-15,44H,7-11,13H2,(H2,40,41,43). The Morgan fingerprint density at radius 2 is 1.49 bits per heavy atom. The summed E-state index contributed by atoms with van der Waals surface area (Å²) in [5, 5.41) is 13.0. The van der Waals surface area contributed by atoms with Gasteiger partial charge in [-0.05, 0) is 61.5 Å². The number of carbonyl (C=O) groups excluding carboxylic acids is 1. The van der Waals surface area contributed by atoms with E-state index in [-0.39, 0.29) is 18.7 Å². The molecule has 4 rings (SSSR count). The molecule has 0 saturated carbocycles. The number of aliphatic hydroxyl groups is 1. The lowest BCUT2D eigenvalue weighted by Gasteiger charge is -2.33. The van der Waals surface area contributed by atoms with E-state index in [2.05, 4.69) is 4.74 Å². The van der Waals surface area contributed by atoms with Gasteiger partial charge < -0.3 is 20.5 Å². The molecule has 2 heterocycles. The number of hydrogen-bond donors (Lipinski definition) is 3. The van der Waals surface area contributed by atoms with E-state index < -0.39 is 64.5 Å². The minimum atomic E-state index is -5.98. The van der Waals surface area contributed by atoms with Gasteiger partial charge in [0.25, 0.3) is 5.60 Å². The third kappa shape index (κ3) is 7.35. The van der Waals surface area contributed by atoms with Crippen LogP contribution in [0.2, 0.25) is 0 Å². The molecule has 1 saturated heterocycles. The summed E-state index contributed by atoms with van der Waals surface area (Å²) in [4.78, 5) is 14.0. The molecule has 0 aliphatic carbocycles. The van der Waals surface area contributed by atoms with Crippen LogP contribution in [0.5, 0.6) is 0 Å². The number of ether oxygens (including phenoxy) is 1. The van der Waals surface area contributed by atoms with Gasteiger partial charge in [-0.2, -0.15) is 39.5 Å². The summed E-state index contributed by atoms with van der Waals surface area (Å²) in [7, 11) is 0. The first-order valence-electron chi connectivity index (χ1n) is 13.2. The zero-order chi connectivity index (χ0) is 33.4. The number of benzene rings is 2. The maximum Gasteiger partial charge on any atom is 0.455 e. The SMILES string of the molecule is O=C(NC1=C(F)C(F)(F)OC=C1F)Nc1ccc(CC2CCN(Cc3ccc(C(O)(C(F)(F)F)C(F)(F)F)cc3)CC2)cc1F. The predicted molar refractivity (Wildman–Crippen MR) is 136 cm³/mol. The smallest absolute Gasteiger partial charge is 0.432 e. The van der Waals surface area contributed by atoms with Crippen molar-refractivity contribution in [3.8, 4) is 0 Å². The topological polar surface area (TPSA) is 73.8 Å². The Morgan fingerprint density at radius 3 is 2.04 bits per heavy atom. The Hall–Kier alpha value is -3.86. The molecule has 0 spiro atoms. The molecule has 2 amide bonds. The Bertz CT molecular complexity index is 1450. The number of nitrogens with one attached hydrogen (secondary N) is 2. The summed E-state index contributed by atoms with van der Waals surface area (Å²) in [6.45, 7) is 1.27. The number of amides is 2. The van der Waals surface area contributed by atoms with Gasteiger partial charge in [0, 0.05) is 12.1 Å². The molecular weight excluding hydrogens is 635 g/mol. The fourth-order valence-corrected chi connectivity index (χ4v) is 4.94. The maximum absolute atomic E-state index is 14.7. The van der Waals surface area contributed by atoms with Crippen molar-refractivity contribution in [3.63, 3.8) is 0 Å². The normalized spacial score (nSPS) is 18.4. The number of nitrogens with zero attached hydrogens (tertiary/aromatic N) is 1. The molecule has 0 unspecified atom stereocenters. The fourth-order valence-electron chi connectivity index (χ4n) is 4.94. The van der Waals surface area contributed by atoms with Gasteiger partial charge in [0.2, 0.25) is 5.83 Å². The molecule has 0 atom stereocenters. The number of alkyl halides is 8. The molecule has 3 N–H and O–H groups in total. The lowest BCUT2D eigenvalue weighted by molar-refractivity contribution is -0.376. The number of hydrogen-bond acceptors (Lipinski definition) is 4. The summed E-state index contributed by atoms with van der Waals surface area (Å²) in [6, 6.07) is 5.74. The summed E-state index contributed by atoms with van der Waals surface area (Å²) < 4.78 is 151. The van der Waals surface area contributed by atoms with E-state index >= 15 is 0 Å². The number of anilines is 1. The first-order valence-corrected chi connectivity index (χ1v) is 13.2. The van der Waals surface area contributed by atoms with Crippen molar-refractivity contribution < 1.29 is 62.9 Å². The van der Waals surface area contributed by atoms with Crippen molar-refractivity contribution in [2.24, 2.45) is 5.92 Å². The number of likely N-dealkylation sites (tertiary alicyclic amines) is 1. The maximum atomic E-state index is 14.7. The third-order valence-electron chi connectivity index (χ3n) is 7.37. The van der Waals surface area contributed by atoms with Gasteiger partial charge in [-0.25, -0.2) is 13.6 Å². The minimum Gasteiger partial charge on any atom is -0.432 e. The van der Waals surface area contributed by atoms with Crippen molar-refractivity contribution >= 4 is 11.7 Å². The van der Waals surface area contributed by atoms with E-state index in [1.54, 1.807) is 5.32 Å². The first kappa shape index (κ1) is 34.0. The van der Waals surface area contributed by atoms with Crippen LogP contribution in [0.3, 0.4) is 0 Å². The van der Waals surface area contributed by atoms with Gasteiger partial charge >= 0.3 is 24.5 Å². The van der Waals surface area contributed by atoms with E-state index in [0.29, 0.717) is 55.6 Å². The van der Waals surface area contributed by atoms with Crippen LogP contribution >= 0.6 is 0 Å². The van der Waals surface area contributed by atoms with Crippen molar-refractivity contribution in [2.75, 3.05) is 18.4 Å². The van der Waals surface area contributed by atoms with Gasteiger partial charge in [0.05, 0.1) is 5.69 Å². The van der Waals surface area contributed by atoms with E-state index in [4.69, 9.17) is 0 Å². The van der Waals surface area contributed by atoms with E-state index in [9.17, 15) is 58.2 Å². The van der Waals surface area contributed by atoms with Crippen molar-refractivity contribution in [3.05, 3.63) is 88.6 Å². The van der Waals surface area contributed by atoms with Crippen LogP contribution < -0.4 is 10.6 Å². The second kappa shape index (κ2) is 12.5. The van der Waals surface area contributed by atoms with Gasteiger partial charge in [0.1, 0.15) is 17.8 Å². The van der Waals surface area contributed by atoms with Crippen molar-refractivity contribution in [1.29, 1.82) is 0 Å². The van der Waals surface area contributed by atoms with Crippen LogP contribution in [0.4, 0.5) is 58.8 Å². The molecule has 17 heteroatoms. The van der Waals surface area contributed by atoms with Crippen LogP contribution in [0.25, 0.3) is 0 Å². The average Bonchev–Trinajstić information content (AvgIpc) is 2.95. The van der Waals surface area contributed by atoms with Gasteiger partial charge in [-0.15, -0.1) is 0 Å². The van der Waals surface area contributed by atoms with Gasteiger partial charge in [0.15, 0.2) is 5.83 Å². The Morgan fingerprint density at radius 1 is 0.911 bits per heavy atom. The lowest BCUT2D eigenvalue weighted by Crippen LogP contribution is -2.53. The number of halogens is 11. The molecular formula is C28H24F11N3O3. The molecule has 2 aromatic carbocycles. The van der Waals surface area contributed by atoms with E-state index in [1.807, 2.05) is 10.2 Å². The van der Waals surface area contributed by atoms with Crippen LogP contribution in [-0.4, -0.2) is 47.6 Å². The average molecular weight is 659 g/mol. The number of allylic oxidation sites excluding steroid dienone is 1. The van der Waals surface area contributed by atoms with Crippen molar-refractivity contribution in [1.82, 2.24) is 10.2 Å². The molecule has 2 aromatic rings.